The normalized spacial score (nSPS) is 14.4. The molecule has 0 amide bonds. The Kier molecular flexibility index (Phi) is 4.45. The van der Waals surface area contributed by atoms with Gasteiger partial charge in [-0.15, -0.1) is 5.10 Å². The second-order valence-electron chi connectivity index (χ2n) is 8.13. The van der Waals surface area contributed by atoms with E-state index in [4.69, 9.17) is 15.1 Å². The van der Waals surface area contributed by atoms with Gasteiger partial charge in [0.2, 0.25) is 5.95 Å². The summed E-state index contributed by atoms with van der Waals surface area (Å²) in [5, 5.41) is 5.91. The van der Waals surface area contributed by atoms with Crippen LogP contribution in [0.2, 0.25) is 0 Å². The summed E-state index contributed by atoms with van der Waals surface area (Å²) in [6.07, 6.45) is 1.85. The minimum absolute atomic E-state index is 0.722. The van der Waals surface area contributed by atoms with Gasteiger partial charge in [0, 0.05) is 43.3 Å². The lowest BCUT2D eigenvalue weighted by Gasteiger charge is -2.35. The summed E-state index contributed by atoms with van der Waals surface area (Å²) in [5.41, 5.74) is 3.98. The Morgan fingerprint density at radius 2 is 1.59 bits per heavy atom. The molecule has 0 N–H and O–H groups in total. The summed E-state index contributed by atoms with van der Waals surface area (Å²) in [4.78, 5) is 19.0. The summed E-state index contributed by atoms with van der Waals surface area (Å²) >= 11 is 0. The molecular formula is C25H23N7. The second-order valence-corrected chi connectivity index (χ2v) is 8.13. The van der Waals surface area contributed by atoms with E-state index in [-0.39, 0.29) is 0 Å². The smallest absolute Gasteiger partial charge is 0.229 e. The summed E-state index contributed by atoms with van der Waals surface area (Å²) in [7, 11) is 0. The molecule has 2 aromatic carbocycles. The van der Waals surface area contributed by atoms with E-state index in [0.29, 0.717) is 0 Å². The Balaban J connectivity index is 1.42. The standard InChI is InChI=1S/C25H23N7/c1-18-7-6-8-19(17-18)23-28-24-20-9-2-3-10-21(20)27-25(32(24)29-23)31-15-13-30(14-16-31)22-11-4-5-12-26-22/h2-12,17H,13-16H2,1H3. The predicted molar refractivity (Wildman–Crippen MR) is 127 cm³/mol. The molecule has 0 saturated carbocycles. The van der Waals surface area contributed by atoms with Crippen LogP contribution in [0.4, 0.5) is 11.8 Å². The number of rotatable bonds is 3. The lowest BCUT2D eigenvalue weighted by atomic mass is 10.1. The molecule has 3 aromatic heterocycles. The lowest BCUT2D eigenvalue weighted by molar-refractivity contribution is 0.627. The van der Waals surface area contributed by atoms with E-state index in [1.54, 1.807) is 0 Å². The number of pyridine rings is 1. The van der Waals surface area contributed by atoms with Crippen molar-refractivity contribution < 1.29 is 0 Å². The van der Waals surface area contributed by atoms with Gasteiger partial charge in [0.1, 0.15) is 5.82 Å². The third kappa shape index (κ3) is 3.22. The number of fused-ring (bicyclic) bond motifs is 3. The summed E-state index contributed by atoms with van der Waals surface area (Å²) < 4.78 is 1.91. The Morgan fingerprint density at radius 3 is 2.41 bits per heavy atom. The van der Waals surface area contributed by atoms with Gasteiger partial charge in [0.05, 0.1) is 5.52 Å². The quantitative estimate of drug-likeness (QED) is 0.439. The van der Waals surface area contributed by atoms with Gasteiger partial charge in [0.25, 0.3) is 0 Å². The average Bonchev–Trinajstić information content (AvgIpc) is 3.30. The molecule has 158 valence electrons. The highest BCUT2D eigenvalue weighted by molar-refractivity contribution is 5.93. The van der Waals surface area contributed by atoms with E-state index in [2.05, 4.69) is 52.0 Å². The zero-order valence-corrected chi connectivity index (χ0v) is 17.9. The van der Waals surface area contributed by atoms with Crippen LogP contribution in [0.1, 0.15) is 5.56 Å². The van der Waals surface area contributed by atoms with E-state index in [1.807, 2.05) is 47.1 Å². The molecule has 4 heterocycles. The average molecular weight is 422 g/mol. The van der Waals surface area contributed by atoms with E-state index in [0.717, 1.165) is 65.9 Å². The molecule has 0 atom stereocenters. The van der Waals surface area contributed by atoms with Crippen LogP contribution < -0.4 is 9.80 Å². The maximum absolute atomic E-state index is 5.00. The van der Waals surface area contributed by atoms with Crippen molar-refractivity contribution in [2.24, 2.45) is 0 Å². The summed E-state index contributed by atoms with van der Waals surface area (Å²) in [5.74, 6) is 2.58. The highest BCUT2D eigenvalue weighted by Gasteiger charge is 2.23. The van der Waals surface area contributed by atoms with Crippen molar-refractivity contribution in [3.63, 3.8) is 0 Å². The first-order valence-electron chi connectivity index (χ1n) is 10.9. The monoisotopic (exact) mass is 421 g/mol. The Labute approximate surface area is 186 Å². The number of nitrogens with zero attached hydrogens (tertiary/aromatic N) is 7. The van der Waals surface area contributed by atoms with Crippen LogP contribution in [-0.2, 0) is 0 Å². The van der Waals surface area contributed by atoms with Gasteiger partial charge in [-0.3, -0.25) is 0 Å². The van der Waals surface area contributed by atoms with Crippen LogP contribution in [0.15, 0.2) is 72.9 Å². The molecule has 0 bridgehead atoms. The third-order valence-corrected chi connectivity index (χ3v) is 5.97. The first-order chi connectivity index (χ1) is 15.8. The number of benzene rings is 2. The number of aryl methyl sites for hydroxylation is 1. The first kappa shape index (κ1) is 18.7. The Bertz CT molecular complexity index is 1400. The first-order valence-corrected chi connectivity index (χ1v) is 10.9. The van der Waals surface area contributed by atoms with Gasteiger partial charge >= 0.3 is 0 Å². The number of anilines is 2. The van der Waals surface area contributed by atoms with Crippen LogP contribution in [0.3, 0.4) is 0 Å². The maximum atomic E-state index is 5.00. The number of piperazine rings is 1. The molecular weight excluding hydrogens is 398 g/mol. The predicted octanol–water partition coefficient (Wildman–Crippen LogP) is 3.97. The van der Waals surface area contributed by atoms with Crippen molar-refractivity contribution >= 4 is 28.3 Å². The van der Waals surface area contributed by atoms with Crippen molar-refractivity contribution in [3.05, 3.63) is 78.5 Å². The minimum Gasteiger partial charge on any atom is -0.353 e. The van der Waals surface area contributed by atoms with Crippen LogP contribution in [0.5, 0.6) is 0 Å². The molecule has 1 fully saturated rings. The fourth-order valence-corrected chi connectivity index (χ4v) is 4.33. The van der Waals surface area contributed by atoms with Gasteiger partial charge in [-0.2, -0.15) is 4.52 Å². The Morgan fingerprint density at radius 1 is 0.781 bits per heavy atom. The summed E-state index contributed by atoms with van der Waals surface area (Å²) in [6, 6.07) is 22.5. The largest absolute Gasteiger partial charge is 0.353 e. The van der Waals surface area contributed by atoms with Crippen molar-refractivity contribution in [3.8, 4) is 11.4 Å². The van der Waals surface area contributed by atoms with Crippen LogP contribution in [-0.4, -0.2) is 50.7 Å². The van der Waals surface area contributed by atoms with Crippen LogP contribution in [0, 0.1) is 6.92 Å². The van der Waals surface area contributed by atoms with E-state index >= 15 is 0 Å². The van der Waals surface area contributed by atoms with E-state index in [1.165, 1.54) is 5.56 Å². The second kappa shape index (κ2) is 7.60. The van der Waals surface area contributed by atoms with Crippen molar-refractivity contribution in [1.82, 2.24) is 24.6 Å². The number of aromatic nitrogens is 5. The lowest BCUT2D eigenvalue weighted by Crippen LogP contribution is -2.47. The minimum atomic E-state index is 0.722. The number of hydrogen-bond donors (Lipinski definition) is 0. The molecule has 32 heavy (non-hydrogen) atoms. The van der Waals surface area contributed by atoms with Gasteiger partial charge in [-0.1, -0.05) is 42.0 Å². The van der Waals surface area contributed by atoms with Crippen molar-refractivity contribution in [1.29, 1.82) is 0 Å². The molecule has 0 aliphatic carbocycles. The van der Waals surface area contributed by atoms with Gasteiger partial charge in [-0.05, 0) is 37.3 Å². The summed E-state index contributed by atoms with van der Waals surface area (Å²) in [6.45, 7) is 5.54. The zero-order chi connectivity index (χ0) is 21.5. The topological polar surface area (TPSA) is 62.5 Å². The molecule has 7 heteroatoms. The highest BCUT2D eigenvalue weighted by atomic mass is 15.4. The molecule has 0 radical (unpaired) electrons. The van der Waals surface area contributed by atoms with Gasteiger partial charge in [-0.25, -0.2) is 15.0 Å². The molecule has 5 aromatic rings. The Hall–Kier alpha value is -4.00. The zero-order valence-electron chi connectivity index (χ0n) is 17.9. The molecule has 1 aliphatic heterocycles. The highest BCUT2D eigenvalue weighted by Crippen LogP contribution is 2.27. The molecule has 1 saturated heterocycles. The molecule has 0 unspecified atom stereocenters. The molecule has 0 spiro atoms. The van der Waals surface area contributed by atoms with E-state index < -0.39 is 0 Å². The van der Waals surface area contributed by atoms with Gasteiger partial charge in [0.15, 0.2) is 11.5 Å². The molecule has 1 aliphatic rings. The van der Waals surface area contributed by atoms with E-state index in [9.17, 15) is 0 Å². The fraction of sp³-hybridized carbons (Fsp3) is 0.200. The fourth-order valence-electron chi connectivity index (χ4n) is 4.33. The maximum Gasteiger partial charge on any atom is 0.229 e. The molecule has 6 rings (SSSR count). The SMILES string of the molecule is Cc1cccc(-c2nc3c4ccccc4nc(N4CCN(c5ccccn5)CC4)n3n2)c1. The third-order valence-electron chi connectivity index (χ3n) is 5.97. The number of hydrogen-bond acceptors (Lipinski definition) is 6. The van der Waals surface area contributed by atoms with Crippen LogP contribution >= 0.6 is 0 Å². The van der Waals surface area contributed by atoms with Gasteiger partial charge < -0.3 is 9.80 Å². The molecule has 7 nitrogen and oxygen atoms in total. The number of para-hydroxylation sites is 1. The van der Waals surface area contributed by atoms with Crippen molar-refractivity contribution in [2.75, 3.05) is 36.0 Å². The van der Waals surface area contributed by atoms with Crippen molar-refractivity contribution in [2.45, 2.75) is 6.92 Å². The van der Waals surface area contributed by atoms with Crippen LogP contribution in [0.25, 0.3) is 27.9 Å².